The maximum Gasteiger partial charge on any atom is 0.229 e. The molecule has 5 rings (SSSR count). The van der Waals surface area contributed by atoms with E-state index < -0.39 is 0 Å². The van der Waals surface area contributed by atoms with Crippen molar-refractivity contribution < 1.29 is 9.53 Å². The van der Waals surface area contributed by atoms with E-state index in [0.717, 1.165) is 39.2 Å². The van der Waals surface area contributed by atoms with E-state index in [-0.39, 0.29) is 11.8 Å². The molecule has 0 radical (unpaired) electrons. The van der Waals surface area contributed by atoms with Crippen LogP contribution >= 0.6 is 27.5 Å². The second-order valence-electron chi connectivity index (χ2n) is 7.83. The molecule has 1 aliphatic heterocycles. The molecule has 0 aliphatic carbocycles. The Bertz CT molecular complexity index is 1300. The topological polar surface area (TPSA) is 80.5 Å². The van der Waals surface area contributed by atoms with Gasteiger partial charge in [0.05, 0.1) is 28.9 Å². The number of carbonyl (C=O) groups is 1. The predicted molar refractivity (Wildman–Crippen MR) is 132 cm³/mol. The summed E-state index contributed by atoms with van der Waals surface area (Å²) in [6.07, 6.45) is 2.49. The number of hydrogen-bond acceptors (Lipinski definition) is 5. The van der Waals surface area contributed by atoms with Crippen molar-refractivity contribution in [2.45, 2.75) is 13.0 Å². The molecule has 7 nitrogen and oxygen atoms in total. The Morgan fingerprint density at radius 3 is 2.79 bits per heavy atom. The minimum atomic E-state index is -0.0684. The first kappa shape index (κ1) is 21.9. The summed E-state index contributed by atoms with van der Waals surface area (Å²) in [6, 6.07) is 17.4. The molecular weight excluding hydrogens is 506 g/mol. The van der Waals surface area contributed by atoms with Gasteiger partial charge in [0.1, 0.15) is 5.82 Å². The second-order valence-corrected chi connectivity index (χ2v) is 9.10. The van der Waals surface area contributed by atoms with Gasteiger partial charge in [0, 0.05) is 35.5 Å². The number of anilines is 2. The van der Waals surface area contributed by atoms with Crippen molar-refractivity contribution in [3.8, 4) is 11.3 Å². The van der Waals surface area contributed by atoms with Crippen LogP contribution in [0.25, 0.3) is 16.9 Å². The molecule has 1 atom stereocenters. The van der Waals surface area contributed by atoms with E-state index in [0.29, 0.717) is 30.4 Å². The van der Waals surface area contributed by atoms with Crippen LogP contribution in [-0.2, 0) is 16.1 Å². The van der Waals surface area contributed by atoms with Gasteiger partial charge in [0.15, 0.2) is 5.65 Å². The lowest BCUT2D eigenvalue weighted by atomic mass is 10.1. The summed E-state index contributed by atoms with van der Waals surface area (Å²) in [4.78, 5) is 17.0. The van der Waals surface area contributed by atoms with E-state index in [2.05, 4.69) is 31.7 Å². The summed E-state index contributed by atoms with van der Waals surface area (Å²) < 4.78 is 7.84. The summed E-state index contributed by atoms with van der Waals surface area (Å²) in [5, 5.41) is 11.5. The number of amides is 1. The highest BCUT2D eigenvalue weighted by atomic mass is 79.9. The average Bonchev–Trinajstić information content (AvgIpc) is 3.49. The van der Waals surface area contributed by atoms with E-state index in [1.165, 1.54) is 0 Å². The minimum absolute atomic E-state index is 0.00825. The highest BCUT2D eigenvalue weighted by Gasteiger charge is 2.23. The summed E-state index contributed by atoms with van der Waals surface area (Å²) in [5.74, 6) is 0.731. The van der Waals surface area contributed by atoms with Crippen LogP contribution in [0.5, 0.6) is 0 Å². The van der Waals surface area contributed by atoms with Crippen LogP contribution in [0.3, 0.4) is 0 Å². The standard InChI is InChI=1S/C24H21BrClN5O2/c25-19-13-28-31-22(11-21(30-23(19)31)18-3-1-2-4-20(18)26)27-12-15-5-7-17(8-6-15)29-24(32)16-9-10-33-14-16/h1-8,11,13,16,27H,9-10,12,14H2,(H,29,32). The molecule has 0 bridgehead atoms. The molecule has 1 aliphatic rings. The molecule has 33 heavy (non-hydrogen) atoms. The zero-order valence-corrected chi connectivity index (χ0v) is 19.9. The molecule has 1 unspecified atom stereocenters. The van der Waals surface area contributed by atoms with Gasteiger partial charge in [-0.3, -0.25) is 4.79 Å². The Morgan fingerprint density at radius 2 is 2.03 bits per heavy atom. The van der Waals surface area contributed by atoms with Gasteiger partial charge in [0.25, 0.3) is 0 Å². The second kappa shape index (κ2) is 9.51. The van der Waals surface area contributed by atoms with Gasteiger partial charge in [-0.05, 0) is 46.1 Å². The molecule has 1 saturated heterocycles. The maximum atomic E-state index is 12.3. The number of fused-ring (bicyclic) bond motifs is 1. The number of nitrogens with one attached hydrogen (secondary N) is 2. The zero-order chi connectivity index (χ0) is 22.8. The molecule has 2 aromatic heterocycles. The molecule has 9 heteroatoms. The Kier molecular flexibility index (Phi) is 6.30. The smallest absolute Gasteiger partial charge is 0.229 e. The fourth-order valence-corrected chi connectivity index (χ4v) is 4.33. The Labute approximate surface area is 204 Å². The number of hydrogen-bond donors (Lipinski definition) is 2. The summed E-state index contributed by atoms with van der Waals surface area (Å²) in [5.41, 5.74) is 4.15. The van der Waals surface area contributed by atoms with Gasteiger partial charge >= 0.3 is 0 Å². The summed E-state index contributed by atoms with van der Waals surface area (Å²) in [7, 11) is 0. The number of ether oxygens (including phenoxy) is 1. The fraction of sp³-hybridized carbons (Fsp3) is 0.208. The average molecular weight is 527 g/mol. The van der Waals surface area contributed by atoms with Crippen molar-refractivity contribution >= 4 is 50.6 Å². The van der Waals surface area contributed by atoms with Crippen molar-refractivity contribution in [3.63, 3.8) is 0 Å². The van der Waals surface area contributed by atoms with Crippen LogP contribution in [0.1, 0.15) is 12.0 Å². The third-order valence-corrected chi connectivity index (χ3v) is 6.46. The zero-order valence-electron chi connectivity index (χ0n) is 17.6. The lowest BCUT2D eigenvalue weighted by Gasteiger charge is -2.13. The number of nitrogens with zero attached hydrogens (tertiary/aromatic N) is 3. The van der Waals surface area contributed by atoms with Crippen LogP contribution in [0.4, 0.5) is 11.5 Å². The van der Waals surface area contributed by atoms with E-state index in [1.807, 2.05) is 54.6 Å². The lowest BCUT2D eigenvalue weighted by molar-refractivity contribution is -0.119. The van der Waals surface area contributed by atoms with Crippen LogP contribution in [0.2, 0.25) is 5.02 Å². The van der Waals surface area contributed by atoms with Gasteiger partial charge in [-0.1, -0.05) is 41.9 Å². The first-order chi connectivity index (χ1) is 16.1. The van der Waals surface area contributed by atoms with Crippen LogP contribution < -0.4 is 10.6 Å². The normalized spacial score (nSPS) is 15.6. The quantitative estimate of drug-likeness (QED) is 0.352. The van der Waals surface area contributed by atoms with Crippen LogP contribution in [-0.4, -0.2) is 33.7 Å². The Hall–Kier alpha value is -2.94. The van der Waals surface area contributed by atoms with Gasteiger partial charge in [-0.25, -0.2) is 4.98 Å². The molecule has 168 valence electrons. The molecular formula is C24H21BrClN5O2. The molecule has 0 saturated carbocycles. The van der Waals surface area contributed by atoms with Crippen molar-refractivity contribution in [1.82, 2.24) is 14.6 Å². The summed E-state index contributed by atoms with van der Waals surface area (Å²) >= 11 is 9.93. The largest absolute Gasteiger partial charge is 0.381 e. The van der Waals surface area contributed by atoms with Crippen molar-refractivity contribution in [2.75, 3.05) is 23.8 Å². The SMILES string of the molecule is O=C(Nc1ccc(CNc2cc(-c3ccccc3Cl)nc3c(Br)cnn23)cc1)C1CCOC1. The van der Waals surface area contributed by atoms with Crippen molar-refractivity contribution in [2.24, 2.45) is 5.92 Å². The summed E-state index contributed by atoms with van der Waals surface area (Å²) in [6.45, 7) is 1.72. The predicted octanol–water partition coefficient (Wildman–Crippen LogP) is 5.40. The first-order valence-corrected chi connectivity index (χ1v) is 11.8. The van der Waals surface area contributed by atoms with E-state index >= 15 is 0 Å². The van der Waals surface area contributed by atoms with Gasteiger partial charge in [0.2, 0.25) is 5.91 Å². The number of carbonyl (C=O) groups excluding carboxylic acids is 1. The van der Waals surface area contributed by atoms with Gasteiger partial charge < -0.3 is 15.4 Å². The van der Waals surface area contributed by atoms with E-state index in [9.17, 15) is 4.79 Å². The molecule has 4 aromatic rings. The maximum absolute atomic E-state index is 12.3. The number of rotatable bonds is 6. The van der Waals surface area contributed by atoms with Crippen LogP contribution in [0, 0.1) is 5.92 Å². The number of benzene rings is 2. The third kappa shape index (κ3) is 4.73. The Morgan fingerprint density at radius 1 is 1.21 bits per heavy atom. The highest BCUT2D eigenvalue weighted by molar-refractivity contribution is 9.10. The van der Waals surface area contributed by atoms with Crippen molar-refractivity contribution in [3.05, 3.63) is 75.9 Å². The molecule has 3 heterocycles. The highest BCUT2D eigenvalue weighted by Crippen LogP contribution is 2.30. The van der Waals surface area contributed by atoms with Gasteiger partial charge in [-0.2, -0.15) is 9.61 Å². The van der Waals surface area contributed by atoms with Crippen LogP contribution in [0.15, 0.2) is 65.3 Å². The molecule has 2 N–H and O–H groups in total. The minimum Gasteiger partial charge on any atom is -0.381 e. The van der Waals surface area contributed by atoms with E-state index in [1.54, 1.807) is 10.7 Å². The molecule has 1 amide bonds. The lowest BCUT2D eigenvalue weighted by Crippen LogP contribution is -2.22. The van der Waals surface area contributed by atoms with Crippen molar-refractivity contribution in [1.29, 1.82) is 0 Å². The fourth-order valence-electron chi connectivity index (χ4n) is 3.75. The van der Waals surface area contributed by atoms with E-state index in [4.69, 9.17) is 21.3 Å². The monoisotopic (exact) mass is 525 g/mol. The van der Waals surface area contributed by atoms with Gasteiger partial charge in [-0.15, -0.1) is 0 Å². The first-order valence-electron chi connectivity index (χ1n) is 10.6. The number of halogens is 2. The molecule has 0 spiro atoms. The Balaban J connectivity index is 1.34. The number of aromatic nitrogens is 3. The molecule has 2 aromatic carbocycles. The molecule has 1 fully saturated rings. The third-order valence-electron chi connectivity index (χ3n) is 5.57.